The standard InChI is InChI=1S/C21H42O6S/c1-2-3-4-5-6-7-8-9-10-11-12-13-14-15-16-17-18-21(20(23)19-22)27-28(24,25)26/h9-10,20-23H,2-8,11-19H2,1H3,(H,24,25,26). The molecule has 0 aliphatic carbocycles. The maximum absolute atomic E-state index is 10.8. The Morgan fingerprint density at radius 3 is 1.75 bits per heavy atom. The van der Waals surface area contributed by atoms with Crippen molar-refractivity contribution in [1.29, 1.82) is 0 Å². The van der Waals surface area contributed by atoms with E-state index in [0.717, 1.165) is 25.7 Å². The predicted octanol–water partition coefficient (Wildman–Crippen LogP) is 4.96. The number of allylic oxidation sites excluding steroid dienone is 2. The van der Waals surface area contributed by atoms with Crippen molar-refractivity contribution in [2.75, 3.05) is 6.61 Å². The zero-order chi connectivity index (χ0) is 21.1. The first-order chi connectivity index (χ1) is 13.4. The van der Waals surface area contributed by atoms with Gasteiger partial charge >= 0.3 is 10.4 Å². The topological polar surface area (TPSA) is 104 Å². The largest absolute Gasteiger partial charge is 0.397 e. The summed E-state index contributed by atoms with van der Waals surface area (Å²) in [6.45, 7) is 1.64. The summed E-state index contributed by atoms with van der Waals surface area (Å²) in [5.74, 6) is 0. The minimum atomic E-state index is -4.63. The molecule has 2 atom stereocenters. The lowest BCUT2D eigenvalue weighted by molar-refractivity contribution is -0.00707. The van der Waals surface area contributed by atoms with Crippen LogP contribution in [-0.4, -0.2) is 42.0 Å². The molecule has 0 aromatic rings. The molecule has 0 saturated carbocycles. The molecule has 0 bridgehead atoms. The fourth-order valence-corrected chi connectivity index (χ4v) is 3.71. The molecule has 0 heterocycles. The van der Waals surface area contributed by atoms with Crippen LogP contribution in [0.25, 0.3) is 0 Å². The van der Waals surface area contributed by atoms with Gasteiger partial charge in [0.25, 0.3) is 0 Å². The van der Waals surface area contributed by atoms with Gasteiger partial charge in [-0.2, -0.15) is 8.42 Å². The van der Waals surface area contributed by atoms with Gasteiger partial charge in [-0.3, -0.25) is 4.55 Å². The lowest BCUT2D eigenvalue weighted by Gasteiger charge is -2.19. The zero-order valence-electron chi connectivity index (χ0n) is 17.6. The van der Waals surface area contributed by atoms with Crippen LogP contribution in [0.1, 0.15) is 103 Å². The first-order valence-corrected chi connectivity index (χ1v) is 12.4. The van der Waals surface area contributed by atoms with Crippen molar-refractivity contribution < 1.29 is 27.4 Å². The molecule has 28 heavy (non-hydrogen) atoms. The van der Waals surface area contributed by atoms with Crippen molar-refractivity contribution in [3.63, 3.8) is 0 Å². The van der Waals surface area contributed by atoms with E-state index >= 15 is 0 Å². The van der Waals surface area contributed by atoms with E-state index in [1.807, 2.05) is 0 Å². The highest BCUT2D eigenvalue weighted by Gasteiger charge is 2.24. The first-order valence-electron chi connectivity index (χ1n) is 11.0. The molecule has 0 spiro atoms. The molecule has 0 aliphatic heterocycles. The summed E-state index contributed by atoms with van der Waals surface area (Å²) in [4.78, 5) is 0. The van der Waals surface area contributed by atoms with E-state index in [9.17, 15) is 13.5 Å². The Balaban J connectivity index is 3.54. The highest BCUT2D eigenvalue weighted by atomic mass is 32.3. The lowest BCUT2D eigenvalue weighted by atomic mass is 10.0. The van der Waals surface area contributed by atoms with Gasteiger partial charge in [-0.15, -0.1) is 0 Å². The zero-order valence-corrected chi connectivity index (χ0v) is 18.4. The molecule has 0 saturated heterocycles. The van der Waals surface area contributed by atoms with E-state index in [0.29, 0.717) is 6.42 Å². The molecule has 0 fully saturated rings. The second-order valence-electron chi connectivity index (χ2n) is 7.54. The molecule has 2 unspecified atom stereocenters. The molecule has 0 amide bonds. The van der Waals surface area contributed by atoms with Crippen LogP contribution in [-0.2, 0) is 14.6 Å². The summed E-state index contributed by atoms with van der Waals surface area (Å²) < 4.78 is 34.7. The molecule has 3 N–H and O–H groups in total. The molecule has 0 aromatic carbocycles. The third-order valence-corrected chi connectivity index (χ3v) is 5.35. The van der Waals surface area contributed by atoms with Crippen molar-refractivity contribution >= 4 is 10.4 Å². The van der Waals surface area contributed by atoms with Crippen LogP contribution >= 0.6 is 0 Å². The maximum atomic E-state index is 10.8. The lowest BCUT2D eigenvalue weighted by Crippen LogP contribution is -2.33. The Morgan fingerprint density at radius 2 is 1.29 bits per heavy atom. The number of rotatable bonds is 20. The number of hydrogen-bond donors (Lipinski definition) is 3. The van der Waals surface area contributed by atoms with Gasteiger partial charge in [0.05, 0.1) is 6.61 Å². The Hall–Kier alpha value is -0.470. The van der Waals surface area contributed by atoms with Crippen molar-refractivity contribution in [2.24, 2.45) is 0 Å². The summed E-state index contributed by atoms with van der Waals surface area (Å²) in [5, 5.41) is 18.5. The highest BCUT2D eigenvalue weighted by Crippen LogP contribution is 2.15. The quantitative estimate of drug-likeness (QED) is 0.146. The number of aliphatic hydroxyl groups is 2. The summed E-state index contributed by atoms with van der Waals surface area (Å²) in [6.07, 6.45) is 18.9. The molecule has 0 aliphatic rings. The summed E-state index contributed by atoms with van der Waals surface area (Å²) in [5.41, 5.74) is 0. The summed E-state index contributed by atoms with van der Waals surface area (Å²) in [6, 6.07) is 0. The summed E-state index contributed by atoms with van der Waals surface area (Å²) >= 11 is 0. The first kappa shape index (κ1) is 27.5. The summed E-state index contributed by atoms with van der Waals surface area (Å²) in [7, 11) is -4.63. The van der Waals surface area contributed by atoms with Gasteiger partial charge in [0, 0.05) is 0 Å². The van der Waals surface area contributed by atoms with Crippen LogP contribution in [0, 0.1) is 0 Å². The van der Waals surface area contributed by atoms with E-state index in [-0.39, 0.29) is 6.42 Å². The molecular formula is C21H42O6S. The number of aliphatic hydroxyl groups excluding tert-OH is 2. The fourth-order valence-electron chi connectivity index (χ4n) is 3.17. The average molecular weight is 423 g/mol. The predicted molar refractivity (Wildman–Crippen MR) is 114 cm³/mol. The van der Waals surface area contributed by atoms with E-state index in [4.69, 9.17) is 9.66 Å². The number of hydrogen-bond acceptors (Lipinski definition) is 5. The molecule has 0 radical (unpaired) electrons. The minimum absolute atomic E-state index is 0.280. The SMILES string of the molecule is CCCCCCCCC=CCCCCCCCCC(OS(=O)(=O)O)C(O)CO. The van der Waals surface area contributed by atoms with E-state index in [1.54, 1.807) is 0 Å². The molecule has 7 heteroatoms. The van der Waals surface area contributed by atoms with E-state index in [1.165, 1.54) is 57.8 Å². The van der Waals surface area contributed by atoms with Gasteiger partial charge in [0.15, 0.2) is 0 Å². The third kappa shape index (κ3) is 18.9. The molecular weight excluding hydrogens is 380 g/mol. The smallest absolute Gasteiger partial charge is 0.394 e. The van der Waals surface area contributed by atoms with Crippen molar-refractivity contribution in [3.05, 3.63) is 12.2 Å². The highest BCUT2D eigenvalue weighted by molar-refractivity contribution is 7.80. The van der Waals surface area contributed by atoms with Gasteiger partial charge in [-0.25, -0.2) is 4.18 Å². The van der Waals surface area contributed by atoms with Gasteiger partial charge in [-0.05, 0) is 32.1 Å². The van der Waals surface area contributed by atoms with Crippen molar-refractivity contribution in [2.45, 2.75) is 115 Å². The van der Waals surface area contributed by atoms with E-state index < -0.39 is 29.2 Å². The second kappa shape index (κ2) is 18.6. The Labute approximate surface area is 172 Å². The third-order valence-electron chi connectivity index (χ3n) is 4.86. The van der Waals surface area contributed by atoms with Crippen LogP contribution in [0.4, 0.5) is 0 Å². The maximum Gasteiger partial charge on any atom is 0.397 e. The molecule has 6 nitrogen and oxygen atoms in total. The molecule has 168 valence electrons. The van der Waals surface area contributed by atoms with Crippen LogP contribution in [0.15, 0.2) is 12.2 Å². The Morgan fingerprint density at radius 1 is 0.821 bits per heavy atom. The van der Waals surface area contributed by atoms with Crippen LogP contribution < -0.4 is 0 Å². The number of unbranched alkanes of at least 4 members (excludes halogenated alkanes) is 12. The van der Waals surface area contributed by atoms with Crippen LogP contribution in [0.2, 0.25) is 0 Å². The van der Waals surface area contributed by atoms with Gasteiger partial charge in [0.2, 0.25) is 0 Å². The van der Waals surface area contributed by atoms with Crippen molar-refractivity contribution in [1.82, 2.24) is 0 Å². The second-order valence-corrected chi connectivity index (χ2v) is 8.59. The molecule has 0 aromatic heterocycles. The van der Waals surface area contributed by atoms with Crippen LogP contribution in [0.5, 0.6) is 0 Å². The van der Waals surface area contributed by atoms with Crippen molar-refractivity contribution in [3.8, 4) is 0 Å². The monoisotopic (exact) mass is 422 g/mol. The van der Waals surface area contributed by atoms with Gasteiger partial charge in [-0.1, -0.05) is 83.3 Å². The normalized spacial score (nSPS) is 14.6. The van der Waals surface area contributed by atoms with Crippen LogP contribution in [0.3, 0.4) is 0 Å². The minimum Gasteiger partial charge on any atom is -0.394 e. The van der Waals surface area contributed by atoms with Gasteiger partial charge < -0.3 is 10.2 Å². The molecule has 0 rings (SSSR count). The Bertz CT molecular complexity index is 464. The van der Waals surface area contributed by atoms with Gasteiger partial charge in [0.1, 0.15) is 12.2 Å². The van der Waals surface area contributed by atoms with E-state index in [2.05, 4.69) is 23.3 Å². The average Bonchev–Trinajstić information content (AvgIpc) is 2.65. The Kier molecular flexibility index (Phi) is 18.2. The fraction of sp³-hybridized carbons (Fsp3) is 0.905.